The van der Waals surface area contributed by atoms with Crippen molar-refractivity contribution in [3.8, 4) is 0 Å². The molecule has 5 heteroatoms. The zero-order valence-electron chi connectivity index (χ0n) is 8.88. The maximum absolute atomic E-state index is 10.9. The molecule has 0 saturated carbocycles. The number of aromatic nitrogens is 2. The Morgan fingerprint density at radius 3 is 3.00 bits per heavy atom. The van der Waals surface area contributed by atoms with Gasteiger partial charge in [0, 0.05) is 23.4 Å². The van der Waals surface area contributed by atoms with E-state index in [1.807, 2.05) is 12.1 Å². The summed E-state index contributed by atoms with van der Waals surface area (Å²) in [5.41, 5.74) is 3.65. The molecule has 0 unspecified atom stereocenters. The number of imidazole rings is 1. The second-order valence-electron chi connectivity index (χ2n) is 3.84. The van der Waals surface area contributed by atoms with Crippen molar-refractivity contribution in [3.05, 3.63) is 63.7 Å². The van der Waals surface area contributed by atoms with Crippen LogP contribution in [-0.2, 0) is 6.42 Å². The van der Waals surface area contributed by atoms with Crippen LogP contribution in [0.2, 0.25) is 0 Å². The molecule has 0 spiro atoms. The predicted octanol–water partition coefficient (Wildman–Crippen LogP) is 2.31. The molecule has 0 atom stereocenters. The number of rotatable bonds is 2. The topological polar surface area (TPSA) is 71.8 Å². The van der Waals surface area contributed by atoms with Crippen molar-refractivity contribution >= 4 is 11.3 Å². The lowest BCUT2D eigenvalue weighted by molar-refractivity contribution is -0.385. The molecule has 1 heterocycles. The van der Waals surface area contributed by atoms with Crippen molar-refractivity contribution in [2.45, 2.75) is 6.42 Å². The van der Waals surface area contributed by atoms with Gasteiger partial charge < -0.3 is 4.98 Å². The molecule has 1 aromatic carbocycles. The number of nitrogens with zero attached hydrogens (tertiary/aromatic N) is 2. The average Bonchev–Trinajstić information content (AvgIpc) is 2.96. The second-order valence-corrected chi connectivity index (χ2v) is 3.84. The van der Waals surface area contributed by atoms with Gasteiger partial charge in [-0.3, -0.25) is 10.1 Å². The summed E-state index contributed by atoms with van der Waals surface area (Å²) < 4.78 is 0. The van der Waals surface area contributed by atoms with Gasteiger partial charge in [0.1, 0.15) is 0 Å². The third-order valence-corrected chi connectivity index (χ3v) is 2.92. The van der Waals surface area contributed by atoms with Crippen molar-refractivity contribution in [3.63, 3.8) is 0 Å². The van der Waals surface area contributed by atoms with Crippen LogP contribution < -0.4 is 0 Å². The molecule has 1 N–H and O–H groups in total. The molecule has 3 rings (SSSR count). The average molecular weight is 227 g/mol. The predicted molar refractivity (Wildman–Crippen MR) is 62.5 cm³/mol. The highest BCUT2D eigenvalue weighted by molar-refractivity contribution is 5.84. The van der Waals surface area contributed by atoms with E-state index in [1.54, 1.807) is 24.7 Å². The zero-order chi connectivity index (χ0) is 11.8. The number of nitro groups is 1. The molecule has 0 amide bonds. The van der Waals surface area contributed by atoms with Gasteiger partial charge in [0.25, 0.3) is 5.69 Å². The number of aromatic amines is 1. The fraction of sp³-hybridized carbons (Fsp3) is 0.0833. The van der Waals surface area contributed by atoms with E-state index in [1.165, 1.54) is 0 Å². The van der Waals surface area contributed by atoms with Crippen molar-refractivity contribution in [1.82, 2.24) is 9.97 Å². The number of hydrogen-bond acceptors (Lipinski definition) is 3. The standard InChI is InChI=1S/C12H9N3O2/c16-15(17)12-3-1-2-8-9(4-5-10(8)12)11-6-13-7-14-11/h1-4,6-7H,5H2,(H,13,14). The molecule has 1 aromatic heterocycles. The minimum absolute atomic E-state index is 0.185. The summed E-state index contributed by atoms with van der Waals surface area (Å²) in [4.78, 5) is 17.6. The van der Waals surface area contributed by atoms with E-state index in [9.17, 15) is 10.1 Å². The maximum atomic E-state index is 10.9. The summed E-state index contributed by atoms with van der Waals surface area (Å²) in [6, 6.07) is 5.15. The Bertz CT molecular complexity index is 615. The summed E-state index contributed by atoms with van der Waals surface area (Å²) in [5, 5.41) is 10.9. The van der Waals surface area contributed by atoms with Crippen molar-refractivity contribution in [1.29, 1.82) is 0 Å². The Morgan fingerprint density at radius 2 is 2.29 bits per heavy atom. The van der Waals surface area contributed by atoms with Gasteiger partial charge in [-0.05, 0) is 12.0 Å². The van der Waals surface area contributed by atoms with Crippen LogP contribution in [0.3, 0.4) is 0 Å². The molecular formula is C12H9N3O2. The summed E-state index contributed by atoms with van der Waals surface area (Å²) in [6.45, 7) is 0. The van der Waals surface area contributed by atoms with Gasteiger partial charge in [-0.2, -0.15) is 0 Å². The molecule has 0 fully saturated rings. The number of H-pyrrole nitrogens is 1. The first kappa shape index (κ1) is 9.77. The minimum atomic E-state index is -0.333. The molecule has 5 nitrogen and oxygen atoms in total. The Hall–Kier alpha value is -2.43. The normalized spacial score (nSPS) is 13.3. The van der Waals surface area contributed by atoms with E-state index in [4.69, 9.17) is 0 Å². The highest BCUT2D eigenvalue weighted by Crippen LogP contribution is 2.36. The minimum Gasteiger partial charge on any atom is -0.351 e. The van der Waals surface area contributed by atoms with E-state index in [2.05, 4.69) is 9.97 Å². The highest BCUT2D eigenvalue weighted by Gasteiger charge is 2.24. The fourth-order valence-corrected chi connectivity index (χ4v) is 2.18. The summed E-state index contributed by atoms with van der Waals surface area (Å²) in [5.74, 6) is 0. The first-order chi connectivity index (χ1) is 8.27. The second kappa shape index (κ2) is 3.55. The molecule has 1 aliphatic rings. The van der Waals surface area contributed by atoms with Gasteiger partial charge >= 0.3 is 0 Å². The molecule has 84 valence electrons. The van der Waals surface area contributed by atoms with Crippen LogP contribution in [0.5, 0.6) is 0 Å². The van der Waals surface area contributed by atoms with E-state index in [0.29, 0.717) is 6.42 Å². The van der Waals surface area contributed by atoms with Gasteiger partial charge in [-0.15, -0.1) is 0 Å². The Kier molecular flexibility index (Phi) is 2.04. The largest absolute Gasteiger partial charge is 0.351 e. The van der Waals surface area contributed by atoms with E-state index < -0.39 is 0 Å². The number of nitrogens with one attached hydrogen (secondary N) is 1. The maximum Gasteiger partial charge on any atom is 0.273 e. The lowest BCUT2D eigenvalue weighted by atomic mass is 10.0. The zero-order valence-corrected chi connectivity index (χ0v) is 8.88. The number of benzene rings is 1. The quantitative estimate of drug-likeness (QED) is 0.632. The first-order valence-corrected chi connectivity index (χ1v) is 5.23. The SMILES string of the molecule is O=[N+]([O-])c1cccc2c1CC=C2c1c[nH]cn1. The van der Waals surface area contributed by atoms with Crippen molar-refractivity contribution in [2.75, 3.05) is 0 Å². The van der Waals surface area contributed by atoms with Crippen LogP contribution in [0.4, 0.5) is 5.69 Å². The van der Waals surface area contributed by atoms with Gasteiger partial charge in [-0.25, -0.2) is 4.98 Å². The van der Waals surface area contributed by atoms with E-state index >= 15 is 0 Å². The molecule has 2 aromatic rings. The van der Waals surface area contributed by atoms with Gasteiger partial charge in [0.05, 0.1) is 16.9 Å². The highest BCUT2D eigenvalue weighted by atomic mass is 16.6. The number of nitro benzene ring substituents is 1. The third-order valence-electron chi connectivity index (χ3n) is 2.92. The number of fused-ring (bicyclic) bond motifs is 1. The third kappa shape index (κ3) is 1.44. The number of hydrogen-bond donors (Lipinski definition) is 1. The van der Waals surface area contributed by atoms with E-state index in [-0.39, 0.29) is 10.6 Å². The molecule has 0 radical (unpaired) electrons. The van der Waals surface area contributed by atoms with Gasteiger partial charge in [-0.1, -0.05) is 18.2 Å². The lowest BCUT2D eigenvalue weighted by Crippen LogP contribution is -1.95. The first-order valence-electron chi connectivity index (χ1n) is 5.23. The summed E-state index contributed by atoms with van der Waals surface area (Å²) >= 11 is 0. The molecular weight excluding hydrogens is 218 g/mol. The van der Waals surface area contributed by atoms with Crippen molar-refractivity contribution in [2.24, 2.45) is 0 Å². The Balaban J connectivity index is 2.14. The molecule has 0 aliphatic heterocycles. The molecule has 1 aliphatic carbocycles. The van der Waals surface area contributed by atoms with Crippen LogP contribution in [0.15, 0.2) is 36.8 Å². The lowest BCUT2D eigenvalue weighted by Gasteiger charge is -2.03. The number of allylic oxidation sites excluding steroid dienone is 1. The smallest absolute Gasteiger partial charge is 0.273 e. The van der Waals surface area contributed by atoms with Gasteiger partial charge in [0.2, 0.25) is 0 Å². The van der Waals surface area contributed by atoms with Gasteiger partial charge in [0.15, 0.2) is 0 Å². The summed E-state index contributed by atoms with van der Waals surface area (Å²) in [6.07, 6.45) is 5.97. The fourth-order valence-electron chi connectivity index (χ4n) is 2.18. The van der Waals surface area contributed by atoms with Crippen LogP contribution in [0.1, 0.15) is 16.8 Å². The van der Waals surface area contributed by atoms with E-state index in [0.717, 1.165) is 22.4 Å². The van der Waals surface area contributed by atoms with Crippen LogP contribution in [0.25, 0.3) is 5.57 Å². The summed E-state index contributed by atoms with van der Waals surface area (Å²) in [7, 11) is 0. The van der Waals surface area contributed by atoms with Crippen molar-refractivity contribution < 1.29 is 4.92 Å². The monoisotopic (exact) mass is 227 g/mol. The van der Waals surface area contributed by atoms with Crippen LogP contribution in [-0.4, -0.2) is 14.9 Å². The molecule has 0 bridgehead atoms. The Morgan fingerprint density at radius 1 is 1.41 bits per heavy atom. The van der Waals surface area contributed by atoms with Crippen LogP contribution >= 0.6 is 0 Å². The molecule has 17 heavy (non-hydrogen) atoms. The van der Waals surface area contributed by atoms with Crippen LogP contribution in [0, 0.1) is 10.1 Å². The molecule has 0 saturated heterocycles. The Labute approximate surface area is 97.0 Å².